The zero-order valence-corrected chi connectivity index (χ0v) is 7.51. The maximum absolute atomic E-state index is 9.45. The number of nitrogens with zero attached hydrogens (tertiary/aromatic N) is 1. The number of carboxylic acids is 1. The predicted octanol–water partition coefficient (Wildman–Crippen LogP) is -5.20. The molecule has 5 nitrogen and oxygen atoms in total. The summed E-state index contributed by atoms with van der Waals surface area (Å²) in [4.78, 5) is 9.43. The number of carbonyl (C=O) groups is 1. The Hall–Kier alpha value is 0.0900. The molecule has 0 radical (unpaired) electrons. The molecule has 0 aromatic carbocycles. The van der Waals surface area contributed by atoms with Crippen molar-refractivity contribution in [3.05, 3.63) is 0 Å². The molecule has 0 N–H and O–H groups in total. The second kappa shape index (κ2) is 6.21. The first-order valence-corrected chi connectivity index (χ1v) is 2.63. The van der Waals surface area contributed by atoms with E-state index in [0.29, 0.717) is 0 Å². The Morgan fingerprint density at radius 2 is 2.00 bits per heavy atom. The second-order valence-electron chi connectivity index (χ2n) is 0.876. The van der Waals surface area contributed by atoms with Crippen molar-refractivity contribution in [1.29, 1.82) is 0 Å². The minimum atomic E-state index is -2.63. The van der Waals surface area contributed by atoms with Crippen LogP contribution >= 0.6 is 0 Å². The molecule has 0 aliphatic rings. The summed E-state index contributed by atoms with van der Waals surface area (Å²) in [7, 11) is -2.63. The summed E-state index contributed by atoms with van der Waals surface area (Å²) in [6, 6.07) is 0. The monoisotopic (exact) mass is 159 g/mol. The molecule has 0 aliphatic heterocycles. The zero-order chi connectivity index (χ0) is 6.57. The third-order valence-corrected chi connectivity index (χ3v) is 0.639. The SMILES string of the molecule is O=C([O-])CN=S(=O)=O.[Na+]. The van der Waals surface area contributed by atoms with Crippen LogP contribution in [0.25, 0.3) is 0 Å². The van der Waals surface area contributed by atoms with Crippen LogP contribution in [0.2, 0.25) is 0 Å². The summed E-state index contributed by atoms with van der Waals surface area (Å²) in [5.41, 5.74) is 0. The van der Waals surface area contributed by atoms with E-state index in [2.05, 4.69) is 4.36 Å². The molecule has 0 bridgehead atoms. The van der Waals surface area contributed by atoms with Crippen molar-refractivity contribution in [2.24, 2.45) is 4.36 Å². The molecular formula is C2H2NNaO4S. The second-order valence-corrected chi connectivity index (χ2v) is 1.57. The van der Waals surface area contributed by atoms with Gasteiger partial charge >= 0.3 is 40.1 Å². The summed E-state index contributed by atoms with van der Waals surface area (Å²) in [6.45, 7) is -0.796. The Kier molecular flexibility index (Phi) is 8.17. The third kappa shape index (κ3) is 11.6. The number of hydrogen-bond acceptors (Lipinski definition) is 5. The van der Waals surface area contributed by atoms with E-state index in [1.807, 2.05) is 0 Å². The minimum absolute atomic E-state index is 0. The van der Waals surface area contributed by atoms with Crippen molar-refractivity contribution in [3.8, 4) is 0 Å². The molecule has 0 fully saturated rings. The van der Waals surface area contributed by atoms with Gasteiger partial charge in [0.2, 0.25) is 0 Å². The molecule has 0 saturated heterocycles. The van der Waals surface area contributed by atoms with Gasteiger partial charge in [0.05, 0.1) is 12.5 Å². The van der Waals surface area contributed by atoms with Crippen molar-refractivity contribution < 1.29 is 47.9 Å². The van der Waals surface area contributed by atoms with Gasteiger partial charge in [-0.25, -0.2) is 0 Å². The Bertz CT molecular complexity index is 199. The average molecular weight is 159 g/mol. The smallest absolute Gasteiger partial charge is 0.548 e. The van der Waals surface area contributed by atoms with Crippen molar-refractivity contribution >= 4 is 16.5 Å². The van der Waals surface area contributed by atoms with E-state index < -0.39 is 23.0 Å². The normalized spacial score (nSPS) is 7.11. The van der Waals surface area contributed by atoms with Crippen LogP contribution in [-0.2, 0) is 15.3 Å². The van der Waals surface area contributed by atoms with Gasteiger partial charge in [0.25, 0.3) is 0 Å². The van der Waals surface area contributed by atoms with Crippen LogP contribution in [0.1, 0.15) is 0 Å². The fraction of sp³-hybridized carbons (Fsp3) is 0.500. The van der Waals surface area contributed by atoms with Crippen LogP contribution < -0.4 is 34.7 Å². The maximum Gasteiger partial charge on any atom is 1.00 e. The van der Waals surface area contributed by atoms with Gasteiger partial charge in [-0.15, -0.1) is 0 Å². The summed E-state index contributed by atoms with van der Waals surface area (Å²) in [5.74, 6) is -1.51. The first-order valence-electron chi connectivity index (χ1n) is 1.59. The first-order chi connectivity index (χ1) is 3.63. The van der Waals surface area contributed by atoms with E-state index in [-0.39, 0.29) is 29.6 Å². The van der Waals surface area contributed by atoms with Gasteiger partial charge in [-0.05, 0) is 0 Å². The molecule has 0 aliphatic carbocycles. The standard InChI is InChI=1S/C2H3NO4S.Na/c4-2(5)1-3-8(6)7;/h1H2,(H,4,5);/q;+1/p-1. The quantitative estimate of drug-likeness (QED) is 0.377. The largest absolute Gasteiger partial charge is 1.00 e. The van der Waals surface area contributed by atoms with Crippen molar-refractivity contribution in [2.45, 2.75) is 0 Å². The molecule has 0 heterocycles. The number of hydrogen-bond donors (Lipinski definition) is 0. The Morgan fingerprint density at radius 1 is 1.56 bits per heavy atom. The molecule has 0 aromatic heterocycles. The molecule has 0 amide bonds. The van der Waals surface area contributed by atoms with Crippen LogP contribution in [0.15, 0.2) is 4.36 Å². The van der Waals surface area contributed by atoms with Crippen molar-refractivity contribution in [2.75, 3.05) is 6.54 Å². The Balaban J connectivity index is 0. The van der Waals surface area contributed by atoms with Gasteiger partial charge in [-0.3, -0.25) is 0 Å². The molecule has 46 valence electrons. The molecule has 0 atom stereocenters. The Morgan fingerprint density at radius 3 is 2.11 bits per heavy atom. The average Bonchev–Trinajstić information content (AvgIpc) is 1.61. The topological polar surface area (TPSA) is 86.6 Å². The fourth-order valence-electron chi connectivity index (χ4n) is 0.105. The molecule has 0 aromatic rings. The van der Waals surface area contributed by atoms with Gasteiger partial charge in [0.15, 0.2) is 0 Å². The third-order valence-electron chi connectivity index (χ3n) is 0.299. The molecule has 0 unspecified atom stereocenters. The van der Waals surface area contributed by atoms with Crippen LogP contribution in [-0.4, -0.2) is 20.9 Å². The summed E-state index contributed by atoms with van der Waals surface area (Å²) in [5, 5.41) is 9.43. The number of carboxylic acid groups (broad SMARTS) is 1. The van der Waals surface area contributed by atoms with E-state index >= 15 is 0 Å². The summed E-state index contributed by atoms with van der Waals surface area (Å²) < 4.78 is 21.5. The van der Waals surface area contributed by atoms with E-state index in [1.165, 1.54) is 0 Å². The molecule has 7 heteroatoms. The van der Waals surface area contributed by atoms with Crippen LogP contribution in [0.4, 0.5) is 0 Å². The molecular weight excluding hydrogens is 157 g/mol. The Labute approximate surface area is 75.1 Å². The first kappa shape index (κ1) is 11.8. The van der Waals surface area contributed by atoms with Gasteiger partial charge < -0.3 is 9.90 Å². The van der Waals surface area contributed by atoms with Gasteiger partial charge in [0, 0.05) is 0 Å². The van der Waals surface area contributed by atoms with Crippen molar-refractivity contribution in [3.63, 3.8) is 0 Å². The van der Waals surface area contributed by atoms with Gasteiger partial charge in [-0.1, -0.05) is 0 Å². The predicted molar refractivity (Wildman–Crippen MR) is 21.2 cm³/mol. The molecule has 9 heavy (non-hydrogen) atoms. The van der Waals surface area contributed by atoms with E-state index in [9.17, 15) is 18.3 Å². The van der Waals surface area contributed by atoms with E-state index in [0.717, 1.165) is 0 Å². The van der Waals surface area contributed by atoms with Crippen molar-refractivity contribution in [1.82, 2.24) is 0 Å². The summed E-state index contributed by atoms with van der Waals surface area (Å²) >= 11 is 0. The molecule has 0 rings (SSSR count). The number of carbonyl (C=O) groups excluding carboxylic acids is 1. The maximum atomic E-state index is 9.45. The van der Waals surface area contributed by atoms with Crippen LogP contribution in [0, 0.1) is 0 Å². The zero-order valence-electron chi connectivity index (χ0n) is 4.70. The fourth-order valence-corrected chi connectivity index (χ4v) is 0.316. The minimum Gasteiger partial charge on any atom is -0.548 e. The number of aliphatic carboxylic acids is 1. The van der Waals surface area contributed by atoms with Crippen LogP contribution in [0.5, 0.6) is 0 Å². The van der Waals surface area contributed by atoms with Crippen LogP contribution in [0.3, 0.4) is 0 Å². The van der Waals surface area contributed by atoms with Gasteiger partial charge in [0.1, 0.15) is 0 Å². The number of rotatable bonds is 2. The van der Waals surface area contributed by atoms with E-state index in [1.54, 1.807) is 0 Å². The molecule has 0 spiro atoms. The molecule has 0 saturated carbocycles. The van der Waals surface area contributed by atoms with E-state index in [4.69, 9.17) is 0 Å². The van der Waals surface area contributed by atoms with Gasteiger partial charge in [-0.2, -0.15) is 12.8 Å². The summed E-state index contributed by atoms with van der Waals surface area (Å²) in [6.07, 6.45) is 0.